The number of aromatic nitrogens is 1. The second-order valence-corrected chi connectivity index (χ2v) is 12.8. The lowest BCUT2D eigenvalue weighted by Crippen LogP contribution is -2.66. The molecule has 7 rings (SSSR count). The molecule has 49 heavy (non-hydrogen) atoms. The van der Waals surface area contributed by atoms with Crippen LogP contribution in [0.2, 0.25) is 6.32 Å². The molecule has 0 saturated heterocycles. The van der Waals surface area contributed by atoms with E-state index in [0.29, 0.717) is 0 Å². The first-order valence-corrected chi connectivity index (χ1v) is 17.8. The minimum Gasteiger partial charge on any atom is -0.439 e. The lowest BCUT2D eigenvalue weighted by molar-refractivity contribution is -0.674. The number of allylic oxidation sites excluding steroid dienone is 2. The molecule has 0 atom stereocenters. The predicted octanol–water partition coefficient (Wildman–Crippen LogP) is 8.86. The Morgan fingerprint density at radius 2 is 1.24 bits per heavy atom. The Morgan fingerprint density at radius 1 is 0.694 bits per heavy atom. The predicted molar refractivity (Wildman–Crippen MR) is 208 cm³/mol. The fourth-order valence-electron chi connectivity index (χ4n) is 7.34. The number of benzene rings is 5. The van der Waals surface area contributed by atoms with Crippen LogP contribution < -0.4 is 30.6 Å². The van der Waals surface area contributed by atoms with Gasteiger partial charge in [-0.05, 0) is 44.5 Å². The first-order valence-electron chi connectivity index (χ1n) is 17.8. The summed E-state index contributed by atoms with van der Waals surface area (Å²) in [7, 11) is 0. The van der Waals surface area contributed by atoms with Gasteiger partial charge in [0.1, 0.15) is 6.54 Å². The second kappa shape index (κ2) is 15.7. The average Bonchev–Trinajstić information content (AvgIpc) is 3.69. The summed E-state index contributed by atoms with van der Waals surface area (Å²) in [5.41, 5.74) is 8.53. The van der Waals surface area contributed by atoms with Gasteiger partial charge in [-0.25, -0.2) is 0 Å². The third-order valence-electron chi connectivity index (χ3n) is 9.70. The molecule has 5 heteroatoms. The lowest BCUT2D eigenvalue weighted by Gasteiger charge is -2.43. The van der Waals surface area contributed by atoms with Crippen LogP contribution in [-0.4, -0.2) is 12.7 Å². The van der Waals surface area contributed by atoms with Crippen molar-refractivity contribution in [3.8, 4) is 5.75 Å². The molecule has 0 bridgehead atoms. The zero-order valence-electron chi connectivity index (χ0n) is 29.3. The summed E-state index contributed by atoms with van der Waals surface area (Å²) in [4.78, 5) is 2.18. The van der Waals surface area contributed by atoms with Gasteiger partial charge in [-0.15, -0.1) is 0 Å². The van der Waals surface area contributed by atoms with E-state index in [-0.39, 0.29) is 0 Å². The summed E-state index contributed by atoms with van der Waals surface area (Å²) in [6, 6.07) is 49.4. The SMILES string of the molecule is CCCC[B-](c1ccccc1)(c1ccccc1)c1ccccc1.CCN1/C(=C/C(C)=C/c2oc3ccccc3[n+]2CC)Oc2ccccc21. The summed E-state index contributed by atoms with van der Waals surface area (Å²) in [6.07, 6.45) is 6.86. The van der Waals surface area contributed by atoms with Gasteiger partial charge in [0, 0.05) is 18.7 Å². The molecule has 6 aromatic rings. The van der Waals surface area contributed by atoms with Crippen LogP contribution >= 0.6 is 0 Å². The number of hydrogen-bond donors (Lipinski definition) is 0. The summed E-state index contributed by atoms with van der Waals surface area (Å²) in [6.45, 7) is 10.3. The van der Waals surface area contributed by atoms with Crippen LogP contribution in [0.5, 0.6) is 5.75 Å². The van der Waals surface area contributed by atoms with E-state index in [1.165, 1.54) is 35.6 Å². The number of oxazole rings is 1. The first kappa shape index (κ1) is 33.6. The third-order valence-corrected chi connectivity index (χ3v) is 9.70. The van der Waals surface area contributed by atoms with Crippen LogP contribution in [0.25, 0.3) is 17.2 Å². The van der Waals surface area contributed by atoms with E-state index in [2.05, 4.69) is 152 Å². The molecule has 0 spiro atoms. The van der Waals surface area contributed by atoms with Crippen molar-refractivity contribution < 1.29 is 13.7 Å². The maximum atomic E-state index is 6.04. The van der Waals surface area contributed by atoms with E-state index in [0.717, 1.165) is 53.0 Å². The van der Waals surface area contributed by atoms with Gasteiger partial charge in [0.25, 0.3) is 5.52 Å². The van der Waals surface area contributed by atoms with Crippen molar-refractivity contribution in [3.63, 3.8) is 0 Å². The minimum atomic E-state index is -0.913. The molecule has 0 aliphatic carbocycles. The van der Waals surface area contributed by atoms with Crippen LogP contribution in [0, 0.1) is 0 Å². The third kappa shape index (κ3) is 7.12. The van der Waals surface area contributed by atoms with Gasteiger partial charge in [0.15, 0.2) is 5.75 Å². The topological polar surface area (TPSA) is 29.5 Å². The molecule has 0 saturated carbocycles. The molecule has 0 unspecified atom stereocenters. The fraction of sp³-hybridized carbons (Fsp3) is 0.205. The smallest absolute Gasteiger partial charge is 0.374 e. The van der Waals surface area contributed by atoms with Crippen molar-refractivity contribution in [1.29, 1.82) is 0 Å². The number of ether oxygens (including phenoxy) is 1. The Labute approximate surface area is 291 Å². The molecule has 248 valence electrons. The molecular formula is C44H47BN2O2. The molecule has 0 amide bonds. The largest absolute Gasteiger partial charge is 0.439 e. The van der Waals surface area contributed by atoms with E-state index in [1.807, 2.05) is 36.4 Å². The number of hydrogen-bond acceptors (Lipinski definition) is 3. The van der Waals surface area contributed by atoms with Gasteiger partial charge in [0.2, 0.25) is 11.5 Å². The lowest BCUT2D eigenvalue weighted by atomic mass is 9.14. The van der Waals surface area contributed by atoms with Crippen LogP contribution in [-0.2, 0) is 6.54 Å². The molecular weight excluding hydrogens is 599 g/mol. The molecule has 0 fully saturated rings. The van der Waals surface area contributed by atoms with E-state index < -0.39 is 6.15 Å². The Bertz CT molecular complexity index is 1920. The van der Waals surface area contributed by atoms with Crippen molar-refractivity contribution in [2.45, 2.75) is 53.4 Å². The van der Waals surface area contributed by atoms with Crippen LogP contribution in [0.1, 0.15) is 46.4 Å². The van der Waals surface area contributed by atoms with E-state index in [4.69, 9.17) is 9.15 Å². The normalized spacial score (nSPS) is 13.6. The van der Waals surface area contributed by atoms with E-state index >= 15 is 0 Å². The highest BCUT2D eigenvalue weighted by atomic mass is 16.5. The maximum absolute atomic E-state index is 6.04. The second-order valence-electron chi connectivity index (χ2n) is 12.8. The Morgan fingerprint density at radius 3 is 1.82 bits per heavy atom. The number of nitrogens with zero attached hydrogens (tertiary/aromatic N) is 2. The average molecular weight is 647 g/mol. The monoisotopic (exact) mass is 646 g/mol. The molecule has 5 aromatic carbocycles. The van der Waals surface area contributed by atoms with Crippen LogP contribution in [0.4, 0.5) is 5.69 Å². The number of unbranched alkanes of at least 4 members (excludes halogenated alkanes) is 1. The number of para-hydroxylation sites is 4. The van der Waals surface area contributed by atoms with E-state index in [1.54, 1.807) is 0 Å². The number of aryl methyl sites for hydroxylation is 1. The maximum Gasteiger partial charge on any atom is 0.374 e. The molecule has 1 aliphatic rings. The molecule has 1 aliphatic heterocycles. The highest BCUT2D eigenvalue weighted by Crippen LogP contribution is 2.38. The van der Waals surface area contributed by atoms with Gasteiger partial charge in [-0.2, -0.15) is 27.3 Å². The van der Waals surface area contributed by atoms with Crippen LogP contribution in [0.3, 0.4) is 0 Å². The number of anilines is 1. The molecule has 1 aromatic heterocycles. The number of rotatable bonds is 10. The Kier molecular flexibility index (Phi) is 10.8. The Hall–Kier alpha value is -5.29. The number of fused-ring (bicyclic) bond motifs is 2. The van der Waals surface area contributed by atoms with Gasteiger partial charge in [-0.1, -0.05) is 135 Å². The van der Waals surface area contributed by atoms with Gasteiger partial charge < -0.3 is 14.1 Å². The van der Waals surface area contributed by atoms with Crippen molar-refractivity contribution in [1.82, 2.24) is 0 Å². The van der Waals surface area contributed by atoms with Gasteiger partial charge in [0.05, 0.1) is 17.9 Å². The highest BCUT2D eigenvalue weighted by Gasteiger charge is 2.29. The summed E-state index contributed by atoms with van der Waals surface area (Å²) >= 11 is 0. The van der Waals surface area contributed by atoms with Crippen molar-refractivity contribution >= 4 is 45.4 Å². The first-order chi connectivity index (χ1) is 24.1. The zero-order valence-corrected chi connectivity index (χ0v) is 29.3. The van der Waals surface area contributed by atoms with Gasteiger partial charge >= 0.3 is 5.89 Å². The zero-order chi connectivity index (χ0) is 34.1. The summed E-state index contributed by atoms with van der Waals surface area (Å²) in [5.74, 6) is 2.60. The van der Waals surface area contributed by atoms with Crippen molar-refractivity contribution in [2.75, 3.05) is 11.4 Å². The molecule has 0 N–H and O–H groups in total. The molecule has 4 nitrogen and oxygen atoms in total. The minimum absolute atomic E-state index is 0.849. The quantitative estimate of drug-likeness (QED) is 0.110. The summed E-state index contributed by atoms with van der Waals surface area (Å²) in [5, 5.41) is 0. The van der Waals surface area contributed by atoms with E-state index in [9.17, 15) is 0 Å². The fourth-order valence-corrected chi connectivity index (χ4v) is 7.34. The molecule has 2 heterocycles. The highest BCUT2D eigenvalue weighted by molar-refractivity contribution is 7.11. The summed E-state index contributed by atoms with van der Waals surface area (Å²) < 4.78 is 14.3. The molecule has 0 radical (unpaired) electrons. The van der Waals surface area contributed by atoms with Crippen molar-refractivity contribution in [2.24, 2.45) is 0 Å². The van der Waals surface area contributed by atoms with Crippen LogP contribution in [0.15, 0.2) is 161 Å². The van der Waals surface area contributed by atoms with Gasteiger partial charge in [-0.3, -0.25) is 0 Å². The standard InChI is InChI=1S/C22H24B.C22H23N2O2/c1-2-3-19-23(20-13-7-4-8-14-20,21-15-9-5-10-16-21)22-17-11-6-12-18-22;1-4-23-17-10-6-8-12-19(17)25-21(23)14-16(3)15-22-24(5-2)18-11-7-9-13-20(18)26-22/h4-18H,2-3,19H2,1H3;6-15H,4-5H2,1-3H3/q-1;+1. The Balaban J connectivity index is 0.000000171. The van der Waals surface area contributed by atoms with Crippen molar-refractivity contribution in [3.05, 3.63) is 163 Å².